The Labute approximate surface area is 122 Å². The number of ether oxygens (including phenoxy) is 1. The minimum absolute atomic E-state index is 0.331. The molecule has 2 aromatic rings. The van der Waals surface area contributed by atoms with Gasteiger partial charge < -0.3 is 9.84 Å². The molecule has 0 aliphatic carbocycles. The first kappa shape index (κ1) is 13.8. The zero-order chi connectivity index (χ0) is 13.7. The van der Waals surface area contributed by atoms with E-state index in [1.807, 2.05) is 24.3 Å². The van der Waals surface area contributed by atoms with Crippen LogP contribution in [0.4, 0.5) is 0 Å². The first-order valence-corrected chi connectivity index (χ1v) is 6.98. The first-order valence-electron chi connectivity index (χ1n) is 5.37. The van der Waals surface area contributed by atoms with Crippen LogP contribution < -0.4 is 4.74 Å². The van der Waals surface area contributed by atoms with E-state index in [2.05, 4.69) is 20.9 Å². The maximum absolute atomic E-state index is 10.4. The lowest BCUT2D eigenvalue weighted by Crippen LogP contribution is -2.09. The Hall–Kier alpha value is -1.66. The van der Waals surface area contributed by atoms with Gasteiger partial charge in [0.1, 0.15) is 10.8 Å². The fraction of sp³-hybridized carbons (Fsp3) is 0.0769. The van der Waals surface area contributed by atoms with E-state index >= 15 is 0 Å². The number of hydrogen-bond donors (Lipinski definition) is 1. The first-order chi connectivity index (χ1) is 9.13. The van der Waals surface area contributed by atoms with Gasteiger partial charge in [0.15, 0.2) is 6.61 Å². The molecule has 1 aromatic carbocycles. The number of aliphatic carboxylic acids is 1. The molecule has 6 heteroatoms. The smallest absolute Gasteiger partial charge is 0.341 e. The van der Waals surface area contributed by atoms with Crippen molar-refractivity contribution in [3.63, 3.8) is 0 Å². The number of aromatic nitrogens is 1. The Morgan fingerprint density at radius 2 is 2.11 bits per heavy atom. The van der Waals surface area contributed by atoms with Crippen molar-refractivity contribution in [1.82, 2.24) is 4.98 Å². The SMILES string of the molecule is O=C(O)COc1ccc(/C=C/c2ncc(Br)s2)cc1. The highest BCUT2D eigenvalue weighted by Crippen LogP contribution is 2.21. The van der Waals surface area contributed by atoms with E-state index in [0.29, 0.717) is 5.75 Å². The molecule has 1 N–H and O–H groups in total. The van der Waals surface area contributed by atoms with E-state index in [1.165, 1.54) is 0 Å². The van der Waals surface area contributed by atoms with Gasteiger partial charge in [0.2, 0.25) is 0 Å². The summed E-state index contributed by atoms with van der Waals surface area (Å²) in [6.45, 7) is -0.331. The summed E-state index contributed by atoms with van der Waals surface area (Å²) in [5.74, 6) is -0.449. The van der Waals surface area contributed by atoms with Crippen molar-refractivity contribution in [2.24, 2.45) is 0 Å². The summed E-state index contributed by atoms with van der Waals surface area (Å²) in [5, 5.41) is 9.41. The molecule has 0 unspecified atom stereocenters. The molecule has 0 aliphatic rings. The molecule has 0 fully saturated rings. The van der Waals surface area contributed by atoms with Crippen molar-refractivity contribution in [2.75, 3.05) is 6.61 Å². The number of rotatable bonds is 5. The molecular weight excluding hydrogens is 330 g/mol. The third-order valence-corrected chi connectivity index (χ3v) is 3.60. The van der Waals surface area contributed by atoms with Crippen LogP contribution in [0.2, 0.25) is 0 Å². The minimum atomic E-state index is -0.988. The third-order valence-electron chi connectivity index (χ3n) is 2.16. The third kappa shape index (κ3) is 4.50. The summed E-state index contributed by atoms with van der Waals surface area (Å²) < 4.78 is 6.04. The second kappa shape index (κ2) is 6.49. The number of carboxylic acid groups (broad SMARTS) is 1. The topological polar surface area (TPSA) is 59.4 Å². The average molecular weight is 340 g/mol. The fourth-order valence-corrected chi connectivity index (χ4v) is 2.48. The molecule has 4 nitrogen and oxygen atoms in total. The Morgan fingerprint density at radius 3 is 2.68 bits per heavy atom. The second-order valence-corrected chi connectivity index (χ2v) is 6.03. The van der Waals surface area contributed by atoms with Crippen LogP contribution in [0.15, 0.2) is 34.2 Å². The molecule has 0 bridgehead atoms. The summed E-state index contributed by atoms with van der Waals surface area (Å²) in [4.78, 5) is 14.5. The van der Waals surface area contributed by atoms with Gasteiger partial charge in [0.05, 0.1) is 9.98 Å². The molecule has 0 aliphatic heterocycles. The molecule has 1 aromatic heterocycles. The maximum atomic E-state index is 10.4. The van der Waals surface area contributed by atoms with Gasteiger partial charge in [-0.1, -0.05) is 18.2 Å². The van der Waals surface area contributed by atoms with Crippen LogP contribution in [0.1, 0.15) is 10.6 Å². The van der Waals surface area contributed by atoms with Gasteiger partial charge >= 0.3 is 5.97 Å². The van der Waals surface area contributed by atoms with E-state index in [-0.39, 0.29) is 6.61 Å². The molecule has 2 rings (SSSR count). The van der Waals surface area contributed by atoms with Crippen molar-refractivity contribution < 1.29 is 14.6 Å². The lowest BCUT2D eigenvalue weighted by atomic mass is 10.2. The van der Waals surface area contributed by atoms with Crippen molar-refractivity contribution in [1.29, 1.82) is 0 Å². The number of benzene rings is 1. The Kier molecular flexibility index (Phi) is 4.70. The van der Waals surface area contributed by atoms with Gasteiger partial charge in [-0.25, -0.2) is 9.78 Å². The van der Waals surface area contributed by atoms with Crippen molar-refractivity contribution in [2.45, 2.75) is 0 Å². The van der Waals surface area contributed by atoms with Crippen molar-refractivity contribution >= 4 is 45.4 Å². The number of carboxylic acids is 1. The predicted molar refractivity (Wildman–Crippen MR) is 78.3 cm³/mol. The molecule has 0 radical (unpaired) electrons. The summed E-state index contributed by atoms with van der Waals surface area (Å²) in [6, 6.07) is 7.19. The van der Waals surface area contributed by atoms with Crippen LogP contribution >= 0.6 is 27.3 Å². The minimum Gasteiger partial charge on any atom is -0.482 e. The Balaban J connectivity index is 1.98. The van der Waals surface area contributed by atoms with E-state index in [1.54, 1.807) is 29.7 Å². The van der Waals surface area contributed by atoms with Gasteiger partial charge in [-0.3, -0.25) is 0 Å². The summed E-state index contributed by atoms with van der Waals surface area (Å²) in [5.41, 5.74) is 0.994. The lowest BCUT2D eigenvalue weighted by Gasteiger charge is -2.02. The quantitative estimate of drug-likeness (QED) is 0.904. The van der Waals surface area contributed by atoms with Crippen LogP contribution in [-0.4, -0.2) is 22.7 Å². The van der Waals surface area contributed by atoms with Crippen LogP contribution in [0.25, 0.3) is 12.2 Å². The van der Waals surface area contributed by atoms with E-state index in [4.69, 9.17) is 9.84 Å². The Bertz CT molecular complexity index is 592. The average Bonchev–Trinajstić information content (AvgIpc) is 2.81. The number of nitrogens with zero attached hydrogens (tertiary/aromatic N) is 1. The molecular formula is C13H10BrNO3S. The molecule has 0 atom stereocenters. The van der Waals surface area contributed by atoms with E-state index in [9.17, 15) is 4.79 Å². The summed E-state index contributed by atoms with van der Waals surface area (Å²) >= 11 is 4.90. The highest BCUT2D eigenvalue weighted by molar-refractivity contribution is 9.11. The largest absolute Gasteiger partial charge is 0.482 e. The second-order valence-electron chi connectivity index (χ2n) is 3.59. The van der Waals surface area contributed by atoms with E-state index in [0.717, 1.165) is 14.4 Å². The number of thiazole rings is 1. The molecule has 1 heterocycles. The standard InChI is InChI=1S/C13H10BrNO3S/c14-11-7-15-12(19-11)6-3-9-1-4-10(5-2-9)18-8-13(16)17/h1-7H,8H2,(H,16,17)/b6-3+. The maximum Gasteiger partial charge on any atom is 0.341 e. The van der Waals surface area contributed by atoms with Gasteiger partial charge in [-0.2, -0.15) is 0 Å². The lowest BCUT2D eigenvalue weighted by molar-refractivity contribution is -0.139. The van der Waals surface area contributed by atoms with Gasteiger partial charge in [0, 0.05) is 0 Å². The molecule has 0 saturated carbocycles. The van der Waals surface area contributed by atoms with Gasteiger partial charge in [0.25, 0.3) is 0 Å². The van der Waals surface area contributed by atoms with Crippen molar-refractivity contribution in [3.05, 3.63) is 44.8 Å². The number of halogens is 1. The van der Waals surface area contributed by atoms with Gasteiger partial charge in [-0.15, -0.1) is 11.3 Å². The Morgan fingerprint density at radius 1 is 1.37 bits per heavy atom. The van der Waals surface area contributed by atoms with Gasteiger partial charge in [-0.05, 0) is 39.7 Å². The highest BCUT2D eigenvalue weighted by Gasteiger charge is 1.99. The fourth-order valence-electron chi connectivity index (χ4n) is 1.33. The summed E-state index contributed by atoms with van der Waals surface area (Å²) in [6.07, 6.45) is 5.61. The molecule has 0 saturated heterocycles. The summed E-state index contributed by atoms with van der Waals surface area (Å²) in [7, 11) is 0. The van der Waals surface area contributed by atoms with Crippen LogP contribution in [0.5, 0.6) is 5.75 Å². The molecule has 0 amide bonds. The van der Waals surface area contributed by atoms with Crippen LogP contribution in [-0.2, 0) is 4.79 Å². The monoisotopic (exact) mass is 339 g/mol. The highest BCUT2D eigenvalue weighted by atomic mass is 79.9. The normalized spacial score (nSPS) is 10.8. The molecule has 98 valence electrons. The molecule has 0 spiro atoms. The predicted octanol–water partition coefficient (Wildman–Crippen LogP) is 3.54. The number of hydrogen-bond acceptors (Lipinski definition) is 4. The molecule has 19 heavy (non-hydrogen) atoms. The zero-order valence-electron chi connectivity index (χ0n) is 9.75. The van der Waals surface area contributed by atoms with Crippen LogP contribution in [0.3, 0.4) is 0 Å². The van der Waals surface area contributed by atoms with E-state index < -0.39 is 5.97 Å². The van der Waals surface area contributed by atoms with Crippen LogP contribution in [0, 0.1) is 0 Å². The van der Waals surface area contributed by atoms with Crippen molar-refractivity contribution in [3.8, 4) is 5.75 Å². The zero-order valence-corrected chi connectivity index (χ0v) is 12.1. The number of carbonyl (C=O) groups is 1.